The zero-order chi connectivity index (χ0) is 14.7. The lowest BCUT2D eigenvalue weighted by molar-refractivity contribution is -0.154. The number of fused-ring (bicyclic) bond motifs is 1. The molecule has 3 heteroatoms. The Balaban J connectivity index is 1.89. The summed E-state index contributed by atoms with van der Waals surface area (Å²) in [6, 6.07) is 8.31. The number of Topliss-reactive ketones (excluding diaryl/α,β-unsaturated/α-hetero) is 1. The first-order valence-corrected chi connectivity index (χ1v) is 7.12. The van der Waals surface area contributed by atoms with E-state index in [2.05, 4.69) is 24.3 Å². The third-order valence-electron chi connectivity index (χ3n) is 4.83. The number of esters is 1. The minimum atomic E-state index is -0.553. The van der Waals surface area contributed by atoms with E-state index in [1.807, 2.05) is 20.8 Å². The first-order chi connectivity index (χ1) is 9.34. The Morgan fingerprint density at radius 1 is 1.15 bits per heavy atom. The summed E-state index contributed by atoms with van der Waals surface area (Å²) in [5.74, 6) is 0.340. The first-order valence-electron chi connectivity index (χ1n) is 7.12. The van der Waals surface area contributed by atoms with Crippen LogP contribution in [-0.4, -0.2) is 17.9 Å². The number of ketones is 1. The van der Waals surface area contributed by atoms with Crippen LogP contribution in [0, 0.1) is 24.2 Å². The Hall–Kier alpha value is -1.64. The largest absolute Gasteiger partial charge is 0.461 e. The van der Waals surface area contributed by atoms with Gasteiger partial charge in [-0.05, 0) is 26.3 Å². The lowest BCUT2D eigenvalue weighted by atomic mass is 9.81. The van der Waals surface area contributed by atoms with Crippen LogP contribution >= 0.6 is 0 Å². The number of carbonyl (C=O) groups is 2. The molecule has 1 aromatic rings. The topological polar surface area (TPSA) is 43.4 Å². The molecule has 20 heavy (non-hydrogen) atoms. The molecule has 3 nitrogen and oxygen atoms in total. The number of ether oxygens (including phenoxy) is 1. The van der Waals surface area contributed by atoms with Crippen molar-refractivity contribution in [1.82, 2.24) is 0 Å². The second-order valence-corrected chi connectivity index (χ2v) is 6.66. The summed E-state index contributed by atoms with van der Waals surface area (Å²) in [5, 5.41) is 0. The maximum Gasteiger partial charge on any atom is 0.302 e. The van der Waals surface area contributed by atoms with Gasteiger partial charge in [-0.25, -0.2) is 0 Å². The fourth-order valence-electron chi connectivity index (χ4n) is 3.72. The molecule has 0 bridgehead atoms. The predicted octanol–water partition coefficient (Wildman–Crippen LogP) is 2.87. The fourth-order valence-corrected chi connectivity index (χ4v) is 3.72. The van der Waals surface area contributed by atoms with Gasteiger partial charge in [0.2, 0.25) is 0 Å². The van der Waals surface area contributed by atoms with E-state index in [4.69, 9.17) is 4.74 Å². The summed E-state index contributed by atoms with van der Waals surface area (Å²) in [6.45, 7) is 7.24. The summed E-state index contributed by atoms with van der Waals surface area (Å²) >= 11 is 0. The number of aryl methyl sites for hydroxylation is 1. The Morgan fingerprint density at radius 2 is 1.75 bits per heavy atom. The van der Waals surface area contributed by atoms with Crippen LogP contribution in [0.2, 0.25) is 0 Å². The van der Waals surface area contributed by atoms with E-state index in [9.17, 15) is 9.59 Å². The van der Waals surface area contributed by atoms with Crippen molar-refractivity contribution in [2.75, 3.05) is 0 Å². The van der Waals surface area contributed by atoms with Gasteiger partial charge in [0.05, 0.1) is 5.41 Å². The highest BCUT2D eigenvalue weighted by Gasteiger charge is 2.71. The molecule has 0 N–H and O–H groups in total. The van der Waals surface area contributed by atoms with Crippen molar-refractivity contribution in [3.05, 3.63) is 35.4 Å². The van der Waals surface area contributed by atoms with Crippen LogP contribution in [0.5, 0.6) is 0 Å². The van der Waals surface area contributed by atoms with Crippen molar-refractivity contribution in [3.63, 3.8) is 0 Å². The average Bonchev–Trinajstić information content (AvgIpc) is 3.05. The molecular weight excluding hydrogens is 252 g/mol. The Morgan fingerprint density at radius 3 is 2.30 bits per heavy atom. The SMILES string of the molecule is CC(=O)O[C@@H]1[C@H]2[C@@H](C(=O)C1(C)C)[C@@H]2c1ccc(C)cc1. The molecule has 2 aliphatic rings. The Kier molecular flexibility index (Phi) is 2.79. The molecule has 0 saturated heterocycles. The van der Waals surface area contributed by atoms with Crippen LogP contribution in [0.15, 0.2) is 24.3 Å². The number of carbonyl (C=O) groups excluding carboxylic acids is 2. The number of rotatable bonds is 2. The number of hydrogen-bond acceptors (Lipinski definition) is 3. The van der Waals surface area contributed by atoms with Crippen LogP contribution in [0.25, 0.3) is 0 Å². The standard InChI is InChI=1S/C17H20O3/c1-9-5-7-11(8-6-9)12-13-14(12)16(20-10(2)18)17(3,4)15(13)19/h5-8,12-14,16H,1-4H3/t12-,13-,14+,16+/m0/s1. The van der Waals surface area contributed by atoms with Crippen LogP contribution in [0.1, 0.15) is 37.8 Å². The van der Waals surface area contributed by atoms with Gasteiger partial charge >= 0.3 is 5.97 Å². The number of benzene rings is 1. The monoisotopic (exact) mass is 272 g/mol. The van der Waals surface area contributed by atoms with Gasteiger partial charge in [0.25, 0.3) is 0 Å². The van der Waals surface area contributed by atoms with Gasteiger partial charge in [-0.2, -0.15) is 0 Å². The van der Waals surface area contributed by atoms with Gasteiger partial charge in [0.1, 0.15) is 11.9 Å². The molecule has 2 saturated carbocycles. The van der Waals surface area contributed by atoms with E-state index in [0.717, 1.165) is 0 Å². The minimum Gasteiger partial charge on any atom is -0.461 e. The van der Waals surface area contributed by atoms with Crippen molar-refractivity contribution in [3.8, 4) is 0 Å². The van der Waals surface area contributed by atoms with E-state index >= 15 is 0 Å². The molecule has 3 rings (SSSR count). The average molecular weight is 272 g/mol. The molecule has 0 aromatic heterocycles. The van der Waals surface area contributed by atoms with Crippen molar-refractivity contribution in [2.24, 2.45) is 17.3 Å². The van der Waals surface area contributed by atoms with Crippen LogP contribution in [0.3, 0.4) is 0 Å². The Labute approximate surface area is 119 Å². The van der Waals surface area contributed by atoms with Crippen LogP contribution in [-0.2, 0) is 14.3 Å². The van der Waals surface area contributed by atoms with Crippen molar-refractivity contribution in [2.45, 2.75) is 39.7 Å². The fraction of sp³-hybridized carbons (Fsp3) is 0.529. The van der Waals surface area contributed by atoms with Crippen molar-refractivity contribution >= 4 is 11.8 Å². The minimum absolute atomic E-state index is 0.0251. The van der Waals surface area contributed by atoms with Crippen LogP contribution in [0.4, 0.5) is 0 Å². The van der Waals surface area contributed by atoms with Gasteiger partial charge in [-0.3, -0.25) is 9.59 Å². The third-order valence-corrected chi connectivity index (χ3v) is 4.83. The number of hydrogen-bond donors (Lipinski definition) is 0. The molecule has 2 aliphatic carbocycles. The highest BCUT2D eigenvalue weighted by atomic mass is 16.5. The summed E-state index contributed by atoms with van der Waals surface area (Å²) in [6.07, 6.45) is -0.288. The summed E-state index contributed by atoms with van der Waals surface area (Å²) in [7, 11) is 0. The quantitative estimate of drug-likeness (QED) is 0.777. The smallest absolute Gasteiger partial charge is 0.302 e. The second kappa shape index (κ2) is 4.18. The van der Waals surface area contributed by atoms with Gasteiger partial charge in [0, 0.05) is 24.7 Å². The highest BCUT2D eigenvalue weighted by Crippen LogP contribution is 2.67. The van der Waals surface area contributed by atoms with Crippen LogP contribution < -0.4 is 0 Å². The maximum atomic E-state index is 12.5. The molecule has 0 heterocycles. The maximum absolute atomic E-state index is 12.5. The molecule has 0 unspecified atom stereocenters. The van der Waals surface area contributed by atoms with Gasteiger partial charge in [-0.1, -0.05) is 29.8 Å². The first kappa shape index (κ1) is 13.3. The van der Waals surface area contributed by atoms with Gasteiger partial charge < -0.3 is 4.74 Å². The van der Waals surface area contributed by atoms with Gasteiger partial charge in [0.15, 0.2) is 0 Å². The Bertz CT molecular complexity index is 570. The molecule has 0 spiro atoms. The van der Waals surface area contributed by atoms with E-state index in [1.54, 1.807) is 0 Å². The lowest BCUT2D eigenvalue weighted by Crippen LogP contribution is -2.37. The molecule has 0 radical (unpaired) electrons. The zero-order valence-corrected chi connectivity index (χ0v) is 12.3. The summed E-state index contributed by atoms with van der Waals surface area (Å²) in [4.78, 5) is 23.8. The third kappa shape index (κ3) is 1.80. The predicted molar refractivity (Wildman–Crippen MR) is 75.2 cm³/mol. The lowest BCUT2D eigenvalue weighted by Gasteiger charge is -2.29. The summed E-state index contributed by atoms with van der Waals surface area (Å²) < 4.78 is 5.47. The molecule has 4 atom stereocenters. The van der Waals surface area contributed by atoms with E-state index in [1.165, 1.54) is 18.1 Å². The molecule has 1 aromatic carbocycles. The molecular formula is C17H20O3. The molecule has 106 valence electrons. The zero-order valence-electron chi connectivity index (χ0n) is 12.3. The van der Waals surface area contributed by atoms with Crippen molar-refractivity contribution in [1.29, 1.82) is 0 Å². The summed E-state index contributed by atoms with van der Waals surface area (Å²) in [5.41, 5.74) is 1.84. The molecule has 0 amide bonds. The molecule has 0 aliphatic heterocycles. The van der Waals surface area contributed by atoms with E-state index in [-0.39, 0.29) is 35.6 Å². The molecule has 2 fully saturated rings. The van der Waals surface area contributed by atoms with Gasteiger partial charge in [-0.15, -0.1) is 0 Å². The normalized spacial score (nSPS) is 33.7. The van der Waals surface area contributed by atoms with E-state index in [0.29, 0.717) is 0 Å². The highest BCUT2D eigenvalue weighted by molar-refractivity contribution is 5.95. The van der Waals surface area contributed by atoms with E-state index < -0.39 is 5.41 Å². The second-order valence-electron chi connectivity index (χ2n) is 6.66. The van der Waals surface area contributed by atoms with Crippen molar-refractivity contribution < 1.29 is 14.3 Å².